The molecule has 0 bridgehead atoms. The molecular formula is C28H42N2. The average molecular weight is 407 g/mol. The van der Waals surface area contributed by atoms with Gasteiger partial charge in [-0.3, -0.25) is 0 Å². The predicted molar refractivity (Wildman–Crippen MR) is 129 cm³/mol. The molecule has 0 atom stereocenters. The highest BCUT2D eigenvalue weighted by Crippen LogP contribution is 2.38. The van der Waals surface area contributed by atoms with E-state index in [0.717, 1.165) is 29.6 Å². The van der Waals surface area contributed by atoms with Gasteiger partial charge in [0, 0.05) is 18.0 Å². The van der Waals surface area contributed by atoms with E-state index in [1.807, 2.05) is 12.4 Å². The van der Waals surface area contributed by atoms with Crippen molar-refractivity contribution in [3.63, 3.8) is 0 Å². The Morgan fingerprint density at radius 3 is 2.03 bits per heavy atom. The summed E-state index contributed by atoms with van der Waals surface area (Å²) in [4.78, 5) is 9.28. The second-order valence-electron chi connectivity index (χ2n) is 9.41. The molecule has 0 saturated heterocycles. The lowest BCUT2D eigenvalue weighted by Crippen LogP contribution is -2.13. The normalized spacial score (nSPS) is 19.1. The molecule has 0 unspecified atom stereocenters. The number of aryl methyl sites for hydroxylation is 1. The van der Waals surface area contributed by atoms with Crippen molar-refractivity contribution in [3.8, 4) is 11.4 Å². The second-order valence-corrected chi connectivity index (χ2v) is 9.41. The Morgan fingerprint density at radius 2 is 1.37 bits per heavy atom. The summed E-state index contributed by atoms with van der Waals surface area (Å²) in [5.41, 5.74) is 3.92. The number of aromatic nitrogens is 2. The van der Waals surface area contributed by atoms with Crippen LogP contribution in [-0.2, 0) is 6.42 Å². The van der Waals surface area contributed by atoms with Crippen molar-refractivity contribution in [2.24, 2.45) is 5.92 Å². The molecule has 2 heteroatoms. The fourth-order valence-corrected chi connectivity index (χ4v) is 4.94. The summed E-state index contributed by atoms with van der Waals surface area (Å²) in [7, 11) is 0. The van der Waals surface area contributed by atoms with Crippen molar-refractivity contribution < 1.29 is 0 Å². The fourth-order valence-electron chi connectivity index (χ4n) is 4.94. The summed E-state index contributed by atoms with van der Waals surface area (Å²) in [6.07, 6.45) is 22.9. The molecule has 2 aromatic rings. The van der Waals surface area contributed by atoms with E-state index >= 15 is 0 Å². The summed E-state index contributed by atoms with van der Waals surface area (Å²) in [6, 6.07) is 9.09. The number of unbranched alkanes of at least 4 members (excludes halogenated alkanes) is 6. The van der Waals surface area contributed by atoms with Crippen LogP contribution < -0.4 is 0 Å². The minimum Gasteiger partial charge on any atom is -0.236 e. The van der Waals surface area contributed by atoms with Gasteiger partial charge in [-0.05, 0) is 61.5 Å². The minimum absolute atomic E-state index is 0.748. The number of hydrogen-bond acceptors (Lipinski definition) is 2. The zero-order valence-electron chi connectivity index (χ0n) is 19.4. The zero-order valence-corrected chi connectivity index (χ0v) is 19.4. The topological polar surface area (TPSA) is 25.8 Å². The van der Waals surface area contributed by atoms with Crippen LogP contribution in [0.2, 0.25) is 0 Å². The molecule has 0 aliphatic heterocycles. The molecule has 30 heavy (non-hydrogen) atoms. The fraction of sp³-hybridized carbons (Fsp3) is 0.643. The van der Waals surface area contributed by atoms with Gasteiger partial charge < -0.3 is 0 Å². The first kappa shape index (κ1) is 23.0. The maximum atomic E-state index is 4.64. The van der Waals surface area contributed by atoms with Crippen LogP contribution >= 0.6 is 0 Å². The van der Waals surface area contributed by atoms with Gasteiger partial charge in [0.15, 0.2) is 5.82 Å². The van der Waals surface area contributed by atoms with Crippen molar-refractivity contribution in [2.75, 3.05) is 0 Å². The monoisotopic (exact) mass is 406 g/mol. The number of benzene rings is 1. The van der Waals surface area contributed by atoms with Crippen LogP contribution in [0.25, 0.3) is 11.4 Å². The average Bonchev–Trinajstić information content (AvgIpc) is 2.80. The van der Waals surface area contributed by atoms with Crippen LogP contribution in [0.5, 0.6) is 0 Å². The molecule has 0 N–H and O–H groups in total. The van der Waals surface area contributed by atoms with Gasteiger partial charge in [0.1, 0.15) is 0 Å². The predicted octanol–water partition coefficient (Wildman–Crippen LogP) is 8.51. The van der Waals surface area contributed by atoms with Crippen molar-refractivity contribution in [1.82, 2.24) is 9.97 Å². The highest BCUT2D eigenvalue weighted by molar-refractivity contribution is 5.55. The summed E-state index contributed by atoms with van der Waals surface area (Å²) in [5, 5.41) is 0. The van der Waals surface area contributed by atoms with Gasteiger partial charge in [0.25, 0.3) is 0 Å². The standard InChI is InChI=1S/C28H42N2/c1-3-5-7-8-10-12-24-21-29-28(30-22-24)27-19-17-26(18-20-27)25-15-13-23(14-16-25)11-9-6-4-2/h17-23,25H,3-16H2,1-2H3. The minimum atomic E-state index is 0.748. The first-order chi connectivity index (χ1) is 14.8. The molecule has 0 radical (unpaired) electrons. The smallest absolute Gasteiger partial charge is 0.159 e. The van der Waals surface area contributed by atoms with E-state index in [4.69, 9.17) is 0 Å². The molecule has 1 heterocycles. The molecule has 0 spiro atoms. The van der Waals surface area contributed by atoms with E-state index in [1.54, 1.807) is 0 Å². The largest absolute Gasteiger partial charge is 0.236 e. The quantitative estimate of drug-likeness (QED) is 0.330. The number of nitrogens with zero attached hydrogens (tertiary/aromatic N) is 2. The Bertz CT molecular complexity index is 696. The Kier molecular flexibility index (Phi) is 9.86. The van der Waals surface area contributed by atoms with Gasteiger partial charge in [0.05, 0.1) is 0 Å². The number of rotatable bonds is 12. The van der Waals surface area contributed by atoms with E-state index in [-0.39, 0.29) is 0 Å². The lowest BCUT2D eigenvalue weighted by molar-refractivity contribution is 0.303. The van der Waals surface area contributed by atoms with Crippen molar-refractivity contribution in [2.45, 2.75) is 110 Å². The number of hydrogen-bond donors (Lipinski definition) is 0. The van der Waals surface area contributed by atoms with Crippen molar-refractivity contribution in [1.29, 1.82) is 0 Å². The van der Waals surface area contributed by atoms with Crippen molar-refractivity contribution in [3.05, 3.63) is 47.8 Å². The molecule has 1 aromatic heterocycles. The molecule has 3 rings (SSSR count). The van der Waals surface area contributed by atoms with E-state index in [1.165, 1.54) is 94.6 Å². The first-order valence-corrected chi connectivity index (χ1v) is 12.7. The summed E-state index contributed by atoms with van der Waals surface area (Å²) < 4.78 is 0. The Hall–Kier alpha value is -1.70. The Balaban J connectivity index is 1.46. The molecule has 1 aliphatic rings. The maximum Gasteiger partial charge on any atom is 0.159 e. The van der Waals surface area contributed by atoms with Gasteiger partial charge >= 0.3 is 0 Å². The van der Waals surface area contributed by atoms with Gasteiger partial charge in [-0.1, -0.05) is 89.5 Å². The lowest BCUT2D eigenvalue weighted by Gasteiger charge is -2.29. The molecule has 1 fully saturated rings. The van der Waals surface area contributed by atoms with Crippen LogP contribution in [0.15, 0.2) is 36.7 Å². The van der Waals surface area contributed by atoms with Gasteiger partial charge in [0.2, 0.25) is 0 Å². The third-order valence-electron chi connectivity index (χ3n) is 6.98. The Morgan fingerprint density at radius 1 is 0.733 bits per heavy atom. The van der Waals surface area contributed by atoms with Crippen LogP contribution in [0.3, 0.4) is 0 Å². The Labute approximate surface area is 184 Å². The third kappa shape index (κ3) is 7.22. The molecule has 2 nitrogen and oxygen atoms in total. The SMILES string of the molecule is CCCCCCCc1cnc(-c2ccc(C3CCC(CCCCC)CC3)cc2)nc1. The summed E-state index contributed by atoms with van der Waals surface area (Å²) >= 11 is 0. The van der Waals surface area contributed by atoms with Crippen LogP contribution in [0.1, 0.15) is 114 Å². The van der Waals surface area contributed by atoms with E-state index in [2.05, 4.69) is 48.1 Å². The summed E-state index contributed by atoms with van der Waals surface area (Å²) in [6.45, 7) is 4.56. The third-order valence-corrected chi connectivity index (χ3v) is 6.98. The van der Waals surface area contributed by atoms with E-state index in [0.29, 0.717) is 0 Å². The molecule has 164 valence electrons. The van der Waals surface area contributed by atoms with Gasteiger partial charge in [-0.15, -0.1) is 0 Å². The maximum absolute atomic E-state index is 4.64. The van der Waals surface area contributed by atoms with Gasteiger partial charge in [-0.2, -0.15) is 0 Å². The molecular weight excluding hydrogens is 364 g/mol. The van der Waals surface area contributed by atoms with Crippen LogP contribution in [-0.4, -0.2) is 9.97 Å². The van der Waals surface area contributed by atoms with E-state index in [9.17, 15) is 0 Å². The first-order valence-electron chi connectivity index (χ1n) is 12.7. The van der Waals surface area contributed by atoms with Gasteiger partial charge in [-0.25, -0.2) is 9.97 Å². The lowest BCUT2D eigenvalue weighted by atomic mass is 9.77. The highest BCUT2D eigenvalue weighted by atomic mass is 14.9. The van der Waals surface area contributed by atoms with Crippen LogP contribution in [0.4, 0.5) is 0 Å². The molecule has 0 amide bonds. The second kappa shape index (κ2) is 12.9. The molecule has 1 aromatic carbocycles. The summed E-state index contributed by atoms with van der Waals surface area (Å²) in [5.74, 6) is 2.58. The van der Waals surface area contributed by atoms with Crippen LogP contribution in [0, 0.1) is 5.92 Å². The highest BCUT2D eigenvalue weighted by Gasteiger charge is 2.22. The molecule has 1 saturated carbocycles. The molecule has 1 aliphatic carbocycles. The van der Waals surface area contributed by atoms with E-state index < -0.39 is 0 Å². The zero-order chi connectivity index (χ0) is 21.0. The van der Waals surface area contributed by atoms with Crippen molar-refractivity contribution >= 4 is 0 Å².